The molecule has 82 valence electrons. The fourth-order valence-electron chi connectivity index (χ4n) is 2.14. The average Bonchev–Trinajstić information content (AvgIpc) is 2.94. The zero-order chi connectivity index (χ0) is 9.97. The molecule has 2 N–H and O–H groups in total. The monoisotopic (exact) mass is 199 g/mol. The number of rotatable bonds is 5. The van der Waals surface area contributed by atoms with Gasteiger partial charge >= 0.3 is 0 Å². The van der Waals surface area contributed by atoms with Crippen LogP contribution in [0.3, 0.4) is 0 Å². The Morgan fingerprint density at radius 2 is 2.21 bits per heavy atom. The van der Waals surface area contributed by atoms with E-state index in [1.807, 2.05) is 0 Å². The van der Waals surface area contributed by atoms with Crippen molar-refractivity contribution >= 4 is 0 Å². The SMILES string of the molecule is CC(CO)CNC1CCOC1C1CC1. The molecular formula is C11H21NO2. The number of aliphatic hydroxyl groups excluding tert-OH is 1. The van der Waals surface area contributed by atoms with Gasteiger partial charge in [-0.25, -0.2) is 0 Å². The molecule has 0 aromatic rings. The zero-order valence-corrected chi connectivity index (χ0v) is 8.91. The Labute approximate surface area is 85.8 Å². The Balaban J connectivity index is 1.73. The fraction of sp³-hybridized carbons (Fsp3) is 1.00. The second-order valence-electron chi connectivity index (χ2n) is 4.76. The van der Waals surface area contributed by atoms with Crippen LogP contribution >= 0.6 is 0 Å². The summed E-state index contributed by atoms with van der Waals surface area (Å²) >= 11 is 0. The van der Waals surface area contributed by atoms with E-state index in [1.165, 1.54) is 12.8 Å². The highest BCUT2D eigenvalue weighted by atomic mass is 16.5. The predicted octanol–water partition coefficient (Wildman–Crippen LogP) is 0.772. The van der Waals surface area contributed by atoms with Crippen molar-refractivity contribution in [3.05, 3.63) is 0 Å². The van der Waals surface area contributed by atoms with E-state index in [9.17, 15) is 0 Å². The van der Waals surface area contributed by atoms with Gasteiger partial charge in [0.1, 0.15) is 0 Å². The van der Waals surface area contributed by atoms with Crippen LogP contribution in [0.4, 0.5) is 0 Å². The van der Waals surface area contributed by atoms with Gasteiger partial charge in [0.25, 0.3) is 0 Å². The summed E-state index contributed by atoms with van der Waals surface area (Å²) in [5.74, 6) is 1.18. The van der Waals surface area contributed by atoms with Crippen molar-refractivity contribution in [2.24, 2.45) is 11.8 Å². The van der Waals surface area contributed by atoms with Crippen LogP contribution in [0.25, 0.3) is 0 Å². The van der Waals surface area contributed by atoms with Gasteiger partial charge in [0.2, 0.25) is 0 Å². The second kappa shape index (κ2) is 4.60. The molecule has 0 spiro atoms. The van der Waals surface area contributed by atoms with Crippen molar-refractivity contribution in [3.63, 3.8) is 0 Å². The first-order valence-electron chi connectivity index (χ1n) is 5.77. The number of hydrogen-bond acceptors (Lipinski definition) is 3. The first-order valence-corrected chi connectivity index (χ1v) is 5.77. The van der Waals surface area contributed by atoms with Crippen molar-refractivity contribution in [3.8, 4) is 0 Å². The van der Waals surface area contributed by atoms with Crippen molar-refractivity contribution in [1.82, 2.24) is 5.32 Å². The van der Waals surface area contributed by atoms with Gasteiger partial charge in [-0.05, 0) is 31.1 Å². The minimum Gasteiger partial charge on any atom is -0.396 e. The standard InChI is InChI=1S/C11H21NO2/c1-8(7-13)6-12-10-4-5-14-11(10)9-2-3-9/h8-13H,2-7H2,1H3. The van der Waals surface area contributed by atoms with Crippen LogP contribution in [0.2, 0.25) is 0 Å². The number of aliphatic hydroxyl groups is 1. The molecule has 3 heteroatoms. The molecule has 3 unspecified atom stereocenters. The minimum absolute atomic E-state index is 0.272. The molecule has 0 aromatic carbocycles. The summed E-state index contributed by atoms with van der Waals surface area (Å²) in [5.41, 5.74) is 0. The molecule has 1 aliphatic heterocycles. The van der Waals surface area contributed by atoms with Gasteiger partial charge in [0.05, 0.1) is 6.10 Å². The van der Waals surface area contributed by atoms with Crippen LogP contribution in [0.15, 0.2) is 0 Å². The topological polar surface area (TPSA) is 41.5 Å². The predicted molar refractivity (Wildman–Crippen MR) is 55.1 cm³/mol. The minimum atomic E-state index is 0.272. The van der Waals surface area contributed by atoms with Gasteiger partial charge in [0.15, 0.2) is 0 Å². The highest BCUT2D eigenvalue weighted by molar-refractivity contribution is 4.93. The second-order valence-corrected chi connectivity index (χ2v) is 4.76. The lowest BCUT2D eigenvalue weighted by molar-refractivity contribution is 0.0797. The smallest absolute Gasteiger partial charge is 0.0756 e. The molecule has 0 aromatic heterocycles. The molecule has 1 heterocycles. The summed E-state index contributed by atoms with van der Waals surface area (Å²) in [4.78, 5) is 0. The highest BCUT2D eigenvalue weighted by Crippen LogP contribution is 2.38. The Hall–Kier alpha value is -0.120. The molecule has 1 saturated heterocycles. The van der Waals surface area contributed by atoms with Gasteiger partial charge in [-0.3, -0.25) is 0 Å². The van der Waals surface area contributed by atoms with Gasteiger partial charge in [-0.2, -0.15) is 0 Å². The Bertz CT molecular complexity index is 182. The van der Waals surface area contributed by atoms with E-state index < -0.39 is 0 Å². The van der Waals surface area contributed by atoms with E-state index in [1.54, 1.807) is 0 Å². The van der Waals surface area contributed by atoms with Crippen LogP contribution in [0.5, 0.6) is 0 Å². The van der Waals surface area contributed by atoms with E-state index in [2.05, 4.69) is 12.2 Å². The molecule has 1 saturated carbocycles. The van der Waals surface area contributed by atoms with E-state index in [0.29, 0.717) is 18.1 Å². The molecule has 14 heavy (non-hydrogen) atoms. The van der Waals surface area contributed by atoms with Gasteiger partial charge in [-0.1, -0.05) is 6.92 Å². The van der Waals surface area contributed by atoms with Crippen LogP contribution in [-0.4, -0.2) is 37.0 Å². The van der Waals surface area contributed by atoms with E-state index in [4.69, 9.17) is 9.84 Å². The van der Waals surface area contributed by atoms with Crippen molar-refractivity contribution in [2.75, 3.05) is 19.8 Å². The third kappa shape index (κ3) is 2.47. The zero-order valence-electron chi connectivity index (χ0n) is 8.91. The molecule has 2 aliphatic rings. The van der Waals surface area contributed by atoms with E-state index in [0.717, 1.165) is 25.5 Å². The third-order valence-electron chi connectivity index (χ3n) is 3.26. The molecule has 3 atom stereocenters. The molecule has 0 bridgehead atoms. The maximum atomic E-state index is 8.92. The first kappa shape index (κ1) is 10.4. The normalized spacial score (nSPS) is 34.7. The van der Waals surface area contributed by atoms with Gasteiger partial charge in [0, 0.05) is 25.8 Å². The summed E-state index contributed by atoms with van der Waals surface area (Å²) < 4.78 is 5.73. The van der Waals surface area contributed by atoms with Crippen molar-refractivity contribution in [1.29, 1.82) is 0 Å². The molecule has 2 fully saturated rings. The average molecular weight is 199 g/mol. The van der Waals surface area contributed by atoms with Crippen molar-refractivity contribution < 1.29 is 9.84 Å². The molecule has 3 nitrogen and oxygen atoms in total. The third-order valence-corrected chi connectivity index (χ3v) is 3.26. The number of ether oxygens (including phenoxy) is 1. The van der Waals surface area contributed by atoms with Crippen LogP contribution < -0.4 is 5.32 Å². The molecular weight excluding hydrogens is 178 g/mol. The maximum absolute atomic E-state index is 8.92. The molecule has 2 rings (SSSR count). The van der Waals surface area contributed by atoms with E-state index in [-0.39, 0.29) is 6.61 Å². The Morgan fingerprint density at radius 3 is 2.86 bits per heavy atom. The fourth-order valence-corrected chi connectivity index (χ4v) is 2.14. The first-order chi connectivity index (χ1) is 6.81. The summed E-state index contributed by atoms with van der Waals surface area (Å²) in [6, 6.07) is 0.538. The number of hydrogen-bond donors (Lipinski definition) is 2. The summed E-state index contributed by atoms with van der Waals surface area (Å²) in [7, 11) is 0. The van der Waals surface area contributed by atoms with Gasteiger partial charge in [-0.15, -0.1) is 0 Å². The molecule has 0 amide bonds. The lowest BCUT2D eigenvalue weighted by atomic mass is 10.1. The number of nitrogens with one attached hydrogen (secondary N) is 1. The van der Waals surface area contributed by atoms with Crippen molar-refractivity contribution in [2.45, 2.75) is 38.3 Å². The molecule has 0 radical (unpaired) electrons. The lowest BCUT2D eigenvalue weighted by Crippen LogP contribution is -2.40. The lowest BCUT2D eigenvalue weighted by Gasteiger charge is -2.21. The van der Waals surface area contributed by atoms with Crippen LogP contribution in [0.1, 0.15) is 26.2 Å². The highest BCUT2D eigenvalue weighted by Gasteiger charge is 2.40. The molecule has 1 aliphatic carbocycles. The largest absolute Gasteiger partial charge is 0.396 e. The Morgan fingerprint density at radius 1 is 1.43 bits per heavy atom. The summed E-state index contributed by atoms with van der Waals surface area (Å²) in [6.45, 7) is 4.16. The van der Waals surface area contributed by atoms with E-state index >= 15 is 0 Å². The van der Waals surface area contributed by atoms with Crippen LogP contribution in [0, 0.1) is 11.8 Å². The summed E-state index contributed by atoms with van der Waals surface area (Å²) in [6.07, 6.45) is 4.29. The Kier molecular flexibility index (Phi) is 3.42. The van der Waals surface area contributed by atoms with Crippen LogP contribution in [-0.2, 0) is 4.74 Å². The maximum Gasteiger partial charge on any atom is 0.0756 e. The van der Waals surface area contributed by atoms with Gasteiger partial charge < -0.3 is 15.2 Å². The summed E-state index contributed by atoms with van der Waals surface area (Å²) in [5, 5.41) is 12.4. The quantitative estimate of drug-likeness (QED) is 0.687.